The lowest BCUT2D eigenvalue weighted by atomic mass is 9.96. The van der Waals surface area contributed by atoms with Gasteiger partial charge in [-0.25, -0.2) is 4.99 Å². The monoisotopic (exact) mass is 487 g/mol. The van der Waals surface area contributed by atoms with Gasteiger partial charge in [0.15, 0.2) is 11.8 Å². The standard InChI is InChI=1S/C19H33N7.HI/c1-14-23-24-18(25(14)2)12-20-19(21-15-6-4-3-5-7-15)22-16-10-11-26(13-16)17-8-9-17;/h15-17H,3-13H2,1-2H3,(H2,20,21,22);1H. The Morgan fingerprint density at radius 2 is 1.78 bits per heavy atom. The van der Waals surface area contributed by atoms with E-state index in [1.165, 1.54) is 57.9 Å². The average Bonchev–Trinajstić information content (AvgIpc) is 3.32. The van der Waals surface area contributed by atoms with E-state index in [4.69, 9.17) is 4.99 Å². The number of aromatic nitrogens is 3. The zero-order valence-electron chi connectivity index (χ0n) is 16.7. The molecule has 1 aromatic heterocycles. The summed E-state index contributed by atoms with van der Waals surface area (Å²) in [4.78, 5) is 7.50. The van der Waals surface area contributed by atoms with E-state index in [0.29, 0.717) is 18.6 Å². The predicted molar refractivity (Wildman–Crippen MR) is 118 cm³/mol. The molecule has 2 N–H and O–H groups in total. The van der Waals surface area contributed by atoms with Crippen LogP contribution in [0.15, 0.2) is 4.99 Å². The van der Waals surface area contributed by atoms with E-state index in [1.54, 1.807) is 0 Å². The minimum Gasteiger partial charge on any atom is -0.354 e. The molecule has 0 aromatic carbocycles. The Morgan fingerprint density at radius 1 is 1.04 bits per heavy atom. The summed E-state index contributed by atoms with van der Waals surface area (Å²) < 4.78 is 2.02. The molecule has 2 heterocycles. The first kappa shape index (κ1) is 20.8. The molecular formula is C19H34IN7. The minimum absolute atomic E-state index is 0. The Balaban J connectivity index is 0.00000210. The summed E-state index contributed by atoms with van der Waals surface area (Å²) in [5, 5.41) is 15.8. The van der Waals surface area contributed by atoms with Crippen molar-refractivity contribution in [1.29, 1.82) is 0 Å². The van der Waals surface area contributed by atoms with Crippen LogP contribution in [0.5, 0.6) is 0 Å². The number of nitrogens with one attached hydrogen (secondary N) is 2. The third-order valence-electron chi connectivity index (χ3n) is 6.13. The highest BCUT2D eigenvalue weighted by Crippen LogP contribution is 2.29. The van der Waals surface area contributed by atoms with Gasteiger partial charge in [0.1, 0.15) is 12.4 Å². The van der Waals surface area contributed by atoms with E-state index in [2.05, 4.69) is 25.7 Å². The molecule has 1 aromatic rings. The lowest BCUT2D eigenvalue weighted by Crippen LogP contribution is -2.48. The van der Waals surface area contributed by atoms with Crippen LogP contribution in [0.25, 0.3) is 0 Å². The van der Waals surface area contributed by atoms with E-state index in [0.717, 1.165) is 30.2 Å². The second-order valence-corrected chi connectivity index (χ2v) is 8.22. The first-order chi connectivity index (χ1) is 12.7. The summed E-state index contributed by atoms with van der Waals surface area (Å²) in [5.41, 5.74) is 0. The molecule has 2 saturated carbocycles. The van der Waals surface area contributed by atoms with Gasteiger partial charge in [-0.1, -0.05) is 19.3 Å². The number of hydrogen-bond acceptors (Lipinski definition) is 4. The van der Waals surface area contributed by atoms with Crippen LogP contribution >= 0.6 is 24.0 Å². The van der Waals surface area contributed by atoms with Gasteiger partial charge >= 0.3 is 0 Å². The van der Waals surface area contributed by atoms with Gasteiger partial charge in [-0.15, -0.1) is 34.2 Å². The highest BCUT2D eigenvalue weighted by Gasteiger charge is 2.34. The number of halogens is 1. The Hall–Kier alpha value is -0.900. The normalized spacial score (nSPS) is 24.7. The first-order valence-corrected chi connectivity index (χ1v) is 10.4. The number of nitrogens with zero attached hydrogens (tertiary/aromatic N) is 5. The topological polar surface area (TPSA) is 70.4 Å². The maximum absolute atomic E-state index is 4.86. The number of rotatable bonds is 5. The van der Waals surface area contributed by atoms with Crippen LogP contribution in [-0.2, 0) is 13.6 Å². The molecule has 1 saturated heterocycles. The van der Waals surface area contributed by atoms with Crippen LogP contribution in [0.4, 0.5) is 0 Å². The van der Waals surface area contributed by atoms with E-state index >= 15 is 0 Å². The van der Waals surface area contributed by atoms with Crippen molar-refractivity contribution in [3.05, 3.63) is 11.6 Å². The lowest BCUT2D eigenvalue weighted by molar-refractivity contribution is 0.321. The second-order valence-electron chi connectivity index (χ2n) is 8.22. The molecule has 3 aliphatic rings. The molecule has 1 atom stereocenters. The number of hydrogen-bond donors (Lipinski definition) is 2. The van der Waals surface area contributed by atoms with Gasteiger partial charge in [0.05, 0.1) is 0 Å². The average molecular weight is 487 g/mol. The van der Waals surface area contributed by atoms with Gasteiger partial charge in [0.25, 0.3) is 0 Å². The molecule has 0 spiro atoms. The SMILES string of the molecule is Cc1nnc(CN=C(NC2CCCCC2)NC2CCN(C3CC3)C2)n1C.I. The first-order valence-electron chi connectivity index (χ1n) is 10.4. The number of guanidine groups is 1. The summed E-state index contributed by atoms with van der Waals surface area (Å²) >= 11 is 0. The number of aryl methyl sites for hydroxylation is 1. The fourth-order valence-electron chi connectivity index (χ4n) is 4.18. The largest absolute Gasteiger partial charge is 0.354 e. The molecule has 0 bridgehead atoms. The third-order valence-corrected chi connectivity index (χ3v) is 6.13. The van der Waals surface area contributed by atoms with Crippen LogP contribution in [0, 0.1) is 6.92 Å². The van der Waals surface area contributed by atoms with Crippen molar-refractivity contribution in [3.63, 3.8) is 0 Å². The highest BCUT2D eigenvalue weighted by molar-refractivity contribution is 14.0. The quantitative estimate of drug-likeness (QED) is 0.379. The van der Waals surface area contributed by atoms with Gasteiger partial charge < -0.3 is 15.2 Å². The van der Waals surface area contributed by atoms with Crippen molar-refractivity contribution in [2.45, 2.75) is 83.0 Å². The molecule has 7 nitrogen and oxygen atoms in total. The molecule has 1 unspecified atom stereocenters. The molecule has 1 aliphatic heterocycles. The van der Waals surface area contributed by atoms with Crippen molar-refractivity contribution in [1.82, 2.24) is 30.3 Å². The maximum Gasteiger partial charge on any atom is 0.192 e. The zero-order chi connectivity index (χ0) is 17.9. The van der Waals surface area contributed by atoms with E-state index in [-0.39, 0.29) is 24.0 Å². The number of likely N-dealkylation sites (tertiary alicyclic amines) is 1. The molecule has 152 valence electrons. The summed E-state index contributed by atoms with van der Waals surface area (Å²) in [7, 11) is 2.01. The zero-order valence-corrected chi connectivity index (χ0v) is 19.0. The third kappa shape index (κ3) is 5.56. The Labute approximate surface area is 179 Å². The van der Waals surface area contributed by atoms with Crippen molar-refractivity contribution in [2.24, 2.45) is 12.0 Å². The molecule has 2 aliphatic carbocycles. The van der Waals surface area contributed by atoms with Gasteiger partial charge in [0, 0.05) is 38.3 Å². The fourth-order valence-corrected chi connectivity index (χ4v) is 4.18. The van der Waals surface area contributed by atoms with E-state index in [1.807, 2.05) is 18.5 Å². The summed E-state index contributed by atoms with van der Waals surface area (Å²) in [5.74, 6) is 2.80. The summed E-state index contributed by atoms with van der Waals surface area (Å²) in [6.07, 6.45) is 10.5. The Kier molecular flexibility index (Phi) is 7.35. The molecule has 0 amide bonds. The molecule has 8 heteroatoms. The maximum atomic E-state index is 4.86. The van der Waals surface area contributed by atoms with Gasteiger partial charge in [-0.2, -0.15) is 0 Å². The van der Waals surface area contributed by atoms with Gasteiger partial charge in [-0.05, 0) is 39.0 Å². The van der Waals surface area contributed by atoms with Gasteiger partial charge in [-0.3, -0.25) is 4.90 Å². The smallest absolute Gasteiger partial charge is 0.192 e. The van der Waals surface area contributed by atoms with E-state index < -0.39 is 0 Å². The minimum atomic E-state index is 0. The van der Waals surface area contributed by atoms with Crippen molar-refractivity contribution < 1.29 is 0 Å². The van der Waals surface area contributed by atoms with Crippen molar-refractivity contribution >= 4 is 29.9 Å². The summed E-state index contributed by atoms with van der Waals surface area (Å²) in [6, 6.07) is 1.92. The Bertz CT molecular complexity index is 634. The Morgan fingerprint density at radius 3 is 2.44 bits per heavy atom. The van der Waals surface area contributed by atoms with Gasteiger partial charge in [0.2, 0.25) is 0 Å². The lowest BCUT2D eigenvalue weighted by Gasteiger charge is -2.26. The fraction of sp³-hybridized carbons (Fsp3) is 0.842. The van der Waals surface area contributed by atoms with Crippen LogP contribution in [0.1, 0.15) is 63.0 Å². The summed E-state index contributed by atoms with van der Waals surface area (Å²) in [6.45, 7) is 4.92. The van der Waals surface area contributed by atoms with Crippen molar-refractivity contribution in [2.75, 3.05) is 13.1 Å². The molecule has 3 fully saturated rings. The van der Waals surface area contributed by atoms with Crippen LogP contribution in [-0.4, -0.2) is 56.8 Å². The molecular weight excluding hydrogens is 453 g/mol. The van der Waals surface area contributed by atoms with Crippen LogP contribution in [0.3, 0.4) is 0 Å². The molecule has 0 radical (unpaired) electrons. The molecule has 27 heavy (non-hydrogen) atoms. The predicted octanol–water partition coefficient (Wildman–Crippen LogP) is 2.35. The van der Waals surface area contributed by atoms with Crippen LogP contribution < -0.4 is 10.6 Å². The number of aliphatic imine (C=N–C) groups is 1. The van der Waals surface area contributed by atoms with E-state index in [9.17, 15) is 0 Å². The van der Waals surface area contributed by atoms with Crippen molar-refractivity contribution in [3.8, 4) is 0 Å². The molecule has 4 rings (SSSR count). The second kappa shape index (κ2) is 9.54. The van der Waals surface area contributed by atoms with Crippen LogP contribution in [0.2, 0.25) is 0 Å². The highest BCUT2D eigenvalue weighted by atomic mass is 127.